The summed E-state index contributed by atoms with van der Waals surface area (Å²) in [6.45, 7) is 4.30. The number of hydrazone groups is 1. The zero-order valence-electron chi connectivity index (χ0n) is 16.4. The molecule has 4 nitrogen and oxygen atoms in total. The van der Waals surface area contributed by atoms with Gasteiger partial charge in [0.15, 0.2) is 0 Å². The largest absolute Gasteiger partial charge is 0.466 e. The van der Waals surface area contributed by atoms with Gasteiger partial charge in [0.05, 0.1) is 18.2 Å². The van der Waals surface area contributed by atoms with E-state index in [0.717, 1.165) is 44.4 Å². The summed E-state index contributed by atoms with van der Waals surface area (Å²) >= 11 is 7.11. The molecule has 2 atom stereocenters. The predicted molar refractivity (Wildman–Crippen MR) is 120 cm³/mol. The molecule has 2 unspecified atom stereocenters. The highest BCUT2D eigenvalue weighted by Gasteiger charge is 2.56. The van der Waals surface area contributed by atoms with Gasteiger partial charge in [0, 0.05) is 33.8 Å². The van der Waals surface area contributed by atoms with E-state index in [4.69, 9.17) is 9.84 Å². The van der Waals surface area contributed by atoms with E-state index in [1.807, 2.05) is 24.3 Å². The molecule has 0 radical (unpaired) electrons. The molecule has 1 aliphatic carbocycles. The third-order valence-corrected chi connectivity index (χ3v) is 7.06. The Morgan fingerprint density at radius 3 is 2.52 bits per heavy atom. The van der Waals surface area contributed by atoms with E-state index in [1.54, 1.807) is 0 Å². The number of rotatable bonds is 1. The second kappa shape index (κ2) is 6.67. The molecule has 0 amide bonds. The molecule has 3 aliphatic rings. The van der Waals surface area contributed by atoms with Crippen LogP contribution in [0.4, 0.5) is 0 Å². The van der Waals surface area contributed by atoms with Crippen molar-refractivity contribution in [3.63, 3.8) is 0 Å². The first-order valence-corrected chi connectivity index (χ1v) is 11.5. The number of hydrogen-bond donors (Lipinski definition) is 0. The molecular formula is C23H22Br2N2O2. The molecule has 1 fully saturated rings. The number of nitrogens with zero attached hydrogens (tertiary/aromatic N) is 2. The number of carbonyl (C=O) groups is 1. The van der Waals surface area contributed by atoms with Crippen molar-refractivity contribution in [3.8, 4) is 5.75 Å². The summed E-state index contributed by atoms with van der Waals surface area (Å²) in [5.41, 5.74) is 2.42. The third-order valence-electron chi connectivity index (χ3n) is 6.04. The Hall–Kier alpha value is -1.66. The van der Waals surface area contributed by atoms with Gasteiger partial charge in [0.2, 0.25) is 5.72 Å². The summed E-state index contributed by atoms with van der Waals surface area (Å²) < 4.78 is 8.68. The molecule has 2 aliphatic heterocycles. The van der Waals surface area contributed by atoms with Crippen LogP contribution in [0, 0.1) is 5.41 Å². The summed E-state index contributed by atoms with van der Waals surface area (Å²) in [7, 11) is 0. The van der Waals surface area contributed by atoms with E-state index in [-0.39, 0.29) is 17.2 Å². The van der Waals surface area contributed by atoms with E-state index >= 15 is 0 Å². The van der Waals surface area contributed by atoms with Crippen LogP contribution in [0.25, 0.3) is 0 Å². The molecule has 150 valence electrons. The number of fused-ring (bicyclic) bond motifs is 4. The molecule has 0 aromatic heterocycles. The van der Waals surface area contributed by atoms with Crippen molar-refractivity contribution in [3.05, 3.63) is 62.5 Å². The number of hydrogen-bond acceptors (Lipinski definition) is 4. The van der Waals surface area contributed by atoms with Gasteiger partial charge >= 0.3 is 0 Å². The lowest BCUT2D eigenvalue weighted by Gasteiger charge is -2.52. The van der Waals surface area contributed by atoms with Gasteiger partial charge in [0.25, 0.3) is 0 Å². The summed E-state index contributed by atoms with van der Waals surface area (Å²) in [5.74, 6) is 1.11. The number of benzene rings is 2. The quantitative estimate of drug-likeness (QED) is 0.450. The van der Waals surface area contributed by atoms with Crippen molar-refractivity contribution in [2.24, 2.45) is 10.5 Å². The Balaban J connectivity index is 1.63. The van der Waals surface area contributed by atoms with Crippen molar-refractivity contribution in [2.75, 3.05) is 0 Å². The maximum atomic E-state index is 12.7. The fourth-order valence-electron chi connectivity index (χ4n) is 5.08. The third kappa shape index (κ3) is 3.34. The zero-order chi connectivity index (χ0) is 20.4. The molecule has 1 saturated carbocycles. The lowest BCUT2D eigenvalue weighted by atomic mass is 9.71. The van der Waals surface area contributed by atoms with Crippen molar-refractivity contribution >= 4 is 43.4 Å². The van der Waals surface area contributed by atoms with Crippen LogP contribution in [-0.4, -0.2) is 22.2 Å². The van der Waals surface area contributed by atoms with Crippen LogP contribution in [-0.2, 0) is 4.79 Å². The SMILES string of the molecule is CC1(C)CC(=O)CC2(C1)Oc1ccc(Br)cc1C1CC(c3ccc(Br)cc3)=NN12. The summed E-state index contributed by atoms with van der Waals surface area (Å²) in [4.78, 5) is 12.7. The first-order chi connectivity index (χ1) is 13.7. The molecule has 2 aromatic carbocycles. The maximum absolute atomic E-state index is 12.7. The van der Waals surface area contributed by atoms with Gasteiger partial charge in [-0.15, -0.1) is 0 Å². The van der Waals surface area contributed by atoms with E-state index in [1.165, 1.54) is 0 Å². The second-order valence-electron chi connectivity index (χ2n) is 9.08. The molecule has 2 heterocycles. The maximum Gasteiger partial charge on any atom is 0.205 e. The van der Waals surface area contributed by atoms with Crippen LogP contribution in [0.2, 0.25) is 0 Å². The zero-order valence-corrected chi connectivity index (χ0v) is 19.6. The van der Waals surface area contributed by atoms with Crippen molar-refractivity contribution in [1.82, 2.24) is 5.01 Å². The van der Waals surface area contributed by atoms with Crippen molar-refractivity contribution < 1.29 is 9.53 Å². The van der Waals surface area contributed by atoms with E-state index in [0.29, 0.717) is 12.8 Å². The highest BCUT2D eigenvalue weighted by molar-refractivity contribution is 9.10. The average molecular weight is 518 g/mol. The van der Waals surface area contributed by atoms with E-state index in [9.17, 15) is 4.79 Å². The fourth-order valence-corrected chi connectivity index (χ4v) is 5.72. The average Bonchev–Trinajstić information content (AvgIpc) is 3.08. The topological polar surface area (TPSA) is 41.9 Å². The monoisotopic (exact) mass is 516 g/mol. The number of carbonyl (C=O) groups excluding carboxylic acids is 1. The molecule has 0 N–H and O–H groups in total. The number of ketones is 1. The number of Topliss-reactive ketones (excluding diaryl/α,β-unsaturated/α-hetero) is 1. The van der Waals surface area contributed by atoms with Gasteiger partial charge < -0.3 is 4.74 Å². The van der Waals surface area contributed by atoms with Crippen LogP contribution in [0.5, 0.6) is 5.75 Å². The minimum absolute atomic E-state index is 0.0663. The molecule has 5 rings (SSSR count). The first kappa shape index (κ1) is 19.3. The Kier molecular flexibility index (Phi) is 4.44. The lowest BCUT2D eigenvalue weighted by Crippen LogP contribution is -2.59. The van der Waals surface area contributed by atoms with Gasteiger partial charge in [0.1, 0.15) is 11.5 Å². The van der Waals surface area contributed by atoms with E-state index in [2.05, 4.69) is 68.9 Å². The van der Waals surface area contributed by atoms with Gasteiger partial charge in [-0.3, -0.25) is 4.79 Å². The highest BCUT2D eigenvalue weighted by atomic mass is 79.9. The Bertz CT molecular complexity index is 1030. The van der Waals surface area contributed by atoms with Crippen LogP contribution in [0.15, 0.2) is 56.5 Å². The fraction of sp³-hybridized carbons (Fsp3) is 0.391. The Labute approximate surface area is 187 Å². The molecule has 2 aromatic rings. The van der Waals surface area contributed by atoms with Crippen LogP contribution in [0.1, 0.15) is 56.7 Å². The summed E-state index contributed by atoms with van der Waals surface area (Å²) in [6, 6.07) is 14.5. The molecule has 6 heteroatoms. The first-order valence-electron chi connectivity index (χ1n) is 9.88. The second-order valence-corrected chi connectivity index (χ2v) is 10.9. The van der Waals surface area contributed by atoms with E-state index < -0.39 is 5.72 Å². The molecular weight excluding hydrogens is 496 g/mol. The number of halogens is 2. The smallest absolute Gasteiger partial charge is 0.205 e. The normalized spacial score (nSPS) is 27.3. The van der Waals surface area contributed by atoms with Crippen molar-refractivity contribution in [1.29, 1.82) is 0 Å². The van der Waals surface area contributed by atoms with Gasteiger partial charge in [-0.2, -0.15) is 5.10 Å². The highest BCUT2D eigenvalue weighted by Crippen LogP contribution is 2.54. The summed E-state index contributed by atoms with van der Waals surface area (Å²) in [6.07, 6.45) is 2.53. The molecule has 0 bridgehead atoms. The van der Waals surface area contributed by atoms with Crippen LogP contribution in [0.3, 0.4) is 0 Å². The summed E-state index contributed by atoms with van der Waals surface area (Å²) in [5, 5.41) is 7.15. The van der Waals surface area contributed by atoms with Gasteiger partial charge in [-0.05, 0) is 41.3 Å². The van der Waals surface area contributed by atoms with Gasteiger partial charge in [-0.25, -0.2) is 5.01 Å². The number of ether oxygens (including phenoxy) is 1. The molecule has 0 saturated heterocycles. The Morgan fingerprint density at radius 1 is 1.07 bits per heavy atom. The molecule has 1 spiro atoms. The van der Waals surface area contributed by atoms with Crippen molar-refractivity contribution in [2.45, 2.75) is 51.3 Å². The Morgan fingerprint density at radius 2 is 1.79 bits per heavy atom. The standard InChI is InChI=1S/C23H22Br2N2O2/c1-22(2)11-17(28)12-23(13-22)27-20(18-9-16(25)7-8-21(18)29-23)10-19(26-27)14-3-5-15(24)6-4-14/h3-9,20H,10-13H2,1-2H3. The molecule has 29 heavy (non-hydrogen) atoms. The van der Waals surface area contributed by atoms with Crippen LogP contribution >= 0.6 is 31.9 Å². The minimum Gasteiger partial charge on any atom is -0.466 e. The van der Waals surface area contributed by atoms with Crippen LogP contribution < -0.4 is 4.74 Å². The van der Waals surface area contributed by atoms with Gasteiger partial charge in [-0.1, -0.05) is 57.8 Å². The lowest BCUT2D eigenvalue weighted by molar-refractivity contribution is -0.171. The minimum atomic E-state index is -0.721. The predicted octanol–water partition coefficient (Wildman–Crippen LogP) is 6.23.